The van der Waals surface area contributed by atoms with Gasteiger partial charge in [0.25, 0.3) is 0 Å². The molecule has 0 saturated heterocycles. The van der Waals surface area contributed by atoms with E-state index in [-0.39, 0.29) is 17.9 Å². The maximum Gasteiger partial charge on any atom is 0.228 e. The number of aromatic nitrogens is 3. The number of carbonyl (C=O) groups is 1. The van der Waals surface area contributed by atoms with Crippen LogP contribution in [0.15, 0.2) is 36.8 Å². The van der Waals surface area contributed by atoms with Gasteiger partial charge in [0, 0.05) is 24.1 Å². The van der Waals surface area contributed by atoms with Gasteiger partial charge in [-0.2, -0.15) is 0 Å². The molecule has 2 saturated carbocycles. The monoisotopic (exact) mass is 412 g/mol. The van der Waals surface area contributed by atoms with E-state index in [1.807, 2.05) is 11.5 Å². The Labute approximate surface area is 172 Å². The summed E-state index contributed by atoms with van der Waals surface area (Å²) in [4.78, 5) is 21.1. The van der Waals surface area contributed by atoms with Crippen molar-refractivity contribution in [1.82, 2.24) is 14.5 Å². The van der Waals surface area contributed by atoms with Crippen molar-refractivity contribution in [3.8, 4) is 5.75 Å². The second-order valence-electron chi connectivity index (χ2n) is 8.30. The van der Waals surface area contributed by atoms with Crippen molar-refractivity contribution < 1.29 is 18.3 Å². The third kappa shape index (κ3) is 3.11. The first-order valence-corrected chi connectivity index (χ1v) is 10.1. The van der Waals surface area contributed by atoms with E-state index in [1.165, 1.54) is 6.07 Å². The number of hydrogen-bond donors (Lipinski definition) is 1. The molecule has 5 atom stereocenters. The highest BCUT2D eigenvalue weighted by atomic mass is 19.2. The van der Waals surface area contributed by atoms with E-state index >= 15 is 0 Å². The lowest BCUT2D eigenvalue weighted by Crippen LogP contribution is -2.24. The fourth-order valence-electron chi connectivity index (χ4n) is 5.14. The molecule has 30 heavy (non-hydrogen) atoms. The molecule has 6 nitrogen and oxygen atoms in total. The summed E-state index contributed by atoms with van der Waals surface area (Å²) in [7, 11) is 1.57. The zero-order chi connectivity index (χ0) is 21.0. The molecular formula is C22H22F2N4O2. The second-order valence-corrected chi connectivity index (χ2v) is 8.30. The lowest BCUT2D eigenvalue weighted by Gasteiger charge is -2.19. The lowest BCUT2D eigenvalue weighted by atomic mass is 9.96. The van der Waals surface area contributed by atoms with E-state index in [4.69, 9.17) is 4.74 Å². The topological polar surface area (TPSA) is 69.0 Å². The maximum absolute atomic E-state index is 13.7. The van der Waals surface area contributed by atoms with Crippen molar-refractivity contribution in [3.05, 3.63) is 48.4 Å². The average Bonchev–Trinajstić information content (AvgIpc) is 3.05. The molecule has 0 radical (unpaired) electrons. The van der Waals surface area contributed by atoms with E-state index in [2.05, 4.69) is 15.3 Å². The number of anilines is 1. The van der Waals surface area contributed by atoms with Crippen LogP contribution >= 0.6 is 0 Å². The number of amides is 1. The first-order chi connectivity index (χ1) is 14.5. The van der Waals surface area contributed by atoms with Crippen molar-refractivity contribution in [2.24, 2.45) is 23.7 Å². The molecule has 3 aromatic rings. The number of nitrogens with zero attached hydrogens (tertiary/aromatic N) is 3. The van der Waals surface area contributed by atoms with Crippen LogP contribution < -0.4 is 10.1 Å². The Morgan fingerprint density at radius 3 is 2.60 bits per heavy atom. The van der Waals surface area contributed by atoms with Gasteiger partial charge in [0.1, 0.15) is 11.6 Å². The quantitative estimate of drug-likeness (QED) is 0.682. The van der Waals surface area contributed by atoms with Crippen LogP contribution in [0.1, 0.15) is 25.8 Å². The number of nitrogens with one attached hydrogen (secondary N) is 1. The summed E-state index contributed by atoms with van der Waals surface area (Å²) in [5.74, 6) is 0.517. The van der Waals surface area contributed by atoms with Crippen molar-refractivity contribution in [3.63, 3.8) is 0 Å². The summed E-state index contributed by atoms with van der Waals surface area (Å²) in [6, 6.07) is 6.04. The number of ether oxygens (including phenoxy) is 1. The van der Waals surface area contributed by atoms with E-state index in [0.29, 0.717) is 40.4 Å². The Balaban J connectivity index is 1.23. The largest absolute Gasteiger partial charge is 0.495 e. The number of carbonyl (C=O) groups excluding carboxylic acids is 1. The number of benzene rings is 1. The van der Waals surface area contributed by atoms with Crippen molar-refractivity contribution in [2.75, 3.05) is 12.4 Å². The van der Waals surface area contributed by atoms with Crippen LogP contribution in [0.5, 0.6) is 5.75 Å². The number of methoxy groups -OCH3 is 1. The first-order valence-electron chi connectivity index (χ1n) is 10.1. The molecule has 1 N–H and O–H groups in total. The van der Waals surface area contributed by atoms with Gasteiger partial charge in [-0.25, -0.2) is 18.7 Å². The number of fused-ring (bicyclic) bond motifs is 2. The van der Waals surface area contributed by atoms with Gasteiger partial charge in [-0.15, -0.1) is 0 Å². The molecule has 2 heterocycles. The van der Waals surface area contributed by atoms with Gasteiger partial charge in [-0.1, -0.05) is 6.92 Å². The molecule has 1 aromatic carbocycles. The molecule has 156 valence electrons. The second kappa shape index (κ2) is 7.04. The van der Waals surface area contributed by atoms with Crippen molar-refractivity contribution in [2.45, 2.75) is 25.8 Å². The molecule has 2 fully saturated rings. The summed E-state index contributed by atoms with van der Waals surface area (Å²) >= 11 is 0. The Bertz CT molecular complexity index is 1100. The molecular weight excluding hydrogens is 390 g/mol. The summed E-state index contributed by atoms with van der Waals surface area (Å²) in [6.07, 6.45) is 5.07. The smallest absolute Gasteiger partial charge is 0.228 e. The van der Waals surface area contributed by atoms with Gasteiger partial charge in [-0.05, 0) is 42.7 Å². The van der Waals surface area contributed by atoms with E-state index in [0.717, 1.165) is 18.9 Å². The SMILES string of the molecule is COc1ccc(NC(=O)C(C)[C@H]2[C@@H]3C[C@@H](n4cnc5cc(F)c(F)cc54)C[C@@H]32)nc1. The highest BCUT2D eigenvalue weighted by Gasteiger charge is 2.59. The highest BCUT2D eigenvalue weighted by Crippen LogP contribution is 2.64. The van der Waals surface area contributed by atoms with Gasteiger partial charge in [0.05, 0.1) is 30.7 Å². The molecule has 1 unspecified atom stereocenters. The Kier molecular flexibility index (Phi) is 4.45. The summed E-state index contributed by atoms with van der Waals surface area (Å²) in [5, 5.41) is 2.88. The zero-order valence-corrected chi connectivity index (χ0v) is 16.7. The lowest BCUT2D eigenvalue weighted by molar-refractivity contribution is -0.120. The molecule has 2 aliphatic carbocycles. The predicted molar refractivity (Wildman–Crippen MR) is 107 cm³/mol. The average molecular weight is 412 g/mol. The number of halogens is 2. The van der Waals surface area contributed by atoms with Gasteiger partial charge in [0.15, 0.2) is 11.6 Å². The number of pyridine rings is 1. The standard InChI is InChI=1S/C22H22F2N4O2/c1-11(22(29)27-20-4-3-13(30-2)9-25-20)21-14-5-12(6-15(14)21)28-10-26-18-7-16(23)17(24)8-19(18)28/h3-4,7-12,14-15,21H,5-6H2,1-2H3,(H,25,27,29)/t11?,12-,14-,15+,21+. The van der Waals surface area contributed by atoms with Crippen LogP contribution in [0.3, 0.4) is 0 Å². The van der Waals surface area contributed by atoms with Crippen LogP contribution in [-0.4, -0.2) is 27.6 Å². The van der Waals surface area contributed by atoms with Crippen LogP contribution in [-0.2, 0) is 4.79 Å². The maximum atomic E-state index is 13.7. The molecule has 2 aliphatic rings. The third-order valence-electron chi connectivity index (χ3n) is 6.71. The molecule has 5 rings (SSSR count). The first kappa shape index (κ1) is 19.0. The summed E-state index contributed by atoms with van der Waals surface area (Å²) < 4.78 is 34.2. The minimum absolute atomic E-state index is 0.0331. The third-order valence-corrected chi connectivity index (χ3v) is 6.71. The molecule has 1 amide bonds. The van der Waals surface area contributed by atoms with Crippen LogP contribution in [0.4, 0.5) is 14.6 Å². The summed E-state index contributed by atoms with van der Waals surface area (Å²) in [6.45, 7) is 1.96. The number of rotatable bonds is 5. The zero-order valence-electron chi connectivity index (χ0n) is 16.7. The van der Waals surface area contributed by atoms with Crippen molar-refractivity contribution >= 4 is 22.8 Å². The van der Waals surface area contributed by atoms with Gasteiger partial charge < -0.3 is 14.6 Å². The number of imidazole rings is 1. The molecule has 0 spiro atoms. The van der Waals surface area contributed by atoms with Crippen molar-refractivity contribution in [1.29, 1.82) is 0 Å². The van der Waals surface area contributed by atoms with E-state index in [9.17, 15) is 13.6 Å². The molecule has 8 heteroatoms. The van der Waals surface area contributed by atoms with Gasteiger partial charge in [-0.3, -0.25) is 4.79 Å². The minimum Gasteiger partial charge on any atom is -0.495 e. The van der Waals surface area contributed by atoms with E-state index < -0.39 is 11.6 Å². The predicted octanol–water partition coefficient (Wildman–Crippen LogP) is 4.19. The highest BCUT2D eigenvalue weighted by molar-refractivity contribution is 5.92. The van der Waals surface area contributed by atoms with E-state index in [1.54, 1.807) is 31.8 Å². The van der Waals surface area contributed by atoms with Gasteiger partial charge in [0.2, 0.25) is 5.91 Å². The minimum atomic E-state index is -0.881. The normalized spacial score (nSPS) is 25.7. The summed E-state index contributed by atoms with van der Waals surface area (Å²) in [5.41, 5.74) is 1.08. The molecule has 0 aliphatic heterocycles. The van der Waals surface area contributed by atoms with Gasteiger partial charge >= 0.3 is 0 Å². The Morgan fingerprint density at radius 2 is 1.93 bits per heavy atom. The van der Waals surface area contributed by atoms with Crippen LogP contribution in [0.25, 0.3) is 11.0 Å². The van der Waals surface area contributed by atoms with Crippen LogP contribution in [0.2, 0.25) is 0 Å². The van der Waals surface area contributed by atoms with Crippen LogP contribution in [0, 0.1) is 35.3 Å². The Hall–Kier alpha value is -3.03. The fraction of sp³-hybridized carbons (Fsp3) is 0.409. The molecule has 2 aromatic heterocycles. The fourth-order valence-corrected chi connectivity index (χ4v) is 5.14. The number of hydrogen-bond acceptors (Lipinski definition) is 4. The Morgan fingerprint density at radius 1 is 1.20 bits per heavy atom. The molecule has 0 bridgehead atoms.